The number of nitrogens with one attached hydrogen (secondary N) is 3. The lowest BCUT2D eigenvalue weighted by molar-refractivity contribution is 0.318. The van der Waals surface area contributed by atoms with Gasteiger partial charge in [0.25, 0.3) is 0 Å². The zero-order valence-corrected chi connectivity index (χ0v) is 32.3. The van der Waals surface area contributed by atoms with Gasteiger partial charge in [-0.3, -0.25) is 19.9 Å². The van der Waals surface area contributed by atoms with Crippen LogP contribution in [0.3, 0.4) is 0 Å². The number of fused-ring (bicyclic) bond motifs is 1. The number of rotatable bonds is 10. The monoisotopic (exact) mass is 745 g/mol. The van der Waals surface area contributed by atoms with E-state index in [1.807, 2.05) is 36.1 Å². The summed E-state index contributed by atoms with van der Waals surface area (Å²) in [5, 5.41) is 11.0. The number of benzene rings is 1. The Labute approximate surface area is 326 Å². The van der Waals surface area contributed by atoms with E-state index in [9.17, 15) is 0 Å². The molecule has 0 amide bonds. The molecule has 9 rings (SSSR count). The minimum absolute atomic E-state index is 0.0986. The Bertz CT molecular complexity index is 2360. The molecule has 0 radical (unpaired) electrons. The van der Waals surface area contributed by atoms with Crippen LogP contribution in [-0.2, 0) is 12.8 Å². The van der Waals surface area contributed by atoms with E-state index >= 15 is 0 Å². The summed E-state index contributed by atoms with van der Waals surface area (Å²) in [5.41, 5.74) is 12.2. The van der Waals surface area contributed by atoms with Gasteiger partial charge < -0.3 is 15.6 Å². The number of hydrogen-bond acceptors (Lipinski definition) is 9. The number of H-pyrrole nitrogens is 1. The lowest BCUT2D eigenvalue weighted by atomic mass is 9.87. The Morgan fingerprint density at radius 1 is 0.655 bits per heavy atom. The Balaban J connectivity index is 1.02. The lowest BCUT2D eigenvalue weighted by Gasteiger charge is -2.33. The van der Waals surface area contributed by atoms with E-state index in [1.165, 1.54) is 16.7 Å². The number of piperidine rings is 2. The second-order valence-electron chi connectivity index (χ2n) is 15.1. The van der Waals surface area contributed by atoms with Gasteiger partial charge in [0.05, 0.1) is 68.6 Å². The standard InChI is InChI=1S/C45H47N9S/c1-28-10-8-22-47-42(28)38-17-6-16-35(51-38)34-15-5-14-33(50-34)32(45-53-36-12-3-4-13-37(36)54-45)26-30-11-9-23-48-44(30)40-19-7-18-39(52-40)43-29(2)20-21-31(49-43)27-41-46-24-25-55-41/h3-5,8-15,20-25,32,35,38-40,51-52H,6-7,16-19,26-27H2,1-2H3,(H,53,54)/t32?,35-,38+,39-,40+/m1/s1. The molecule has 0 saturated carbocycles. The van der Waals surface area contributed by atoms with Gasteiger partial charge in [-0.2, -0.15) is 0 Å². The summed E-state index contributed by atoms with van der Waals surface area (Å²) in [7, 11) is 0. The highest BCUT2D eigenvalue weighted by Crippen LogP contribution is 2.37. The predicted octanol–water partition coefficient (Wildman–Crippen LogP) is 9.29. The van der Waals surface area contributed by atoms with Crippen LogP contribution in [-0.4, -0.2) is 34.9 Å². The fraction of sp³-hybridized carbons (Fsp3) is 0.333. The van der Waals surface area contributed by atoms with Crippen LogP contribution in [0, 0.1) is 13.8 Å². The fourth-order valence-electron chi connectivity index (χ4n) is 8.64. The van der Waals surface area contributed by atoms with Crippen molar-refractivity contribution in [2.24, 2.45) is 0 Å². The lowest BCUT2D eigenvalue weighted by Crippen LogP contribution is -2.33. The summed E-state index contributed by atoms with van der Waals surface area (Å²) in [6.07, 6.45) is 13.6. The molecule has 8 heterocycles. The third-order valence-corrected chi connectivity index (χ3v) is 12.2. The van der Waals surface area contributed by atoms with Crippen LogP contribution in [0.25, 0.3) is 11.0 Å². The van der Waals surface area contributed by atoms with Crippen LogP contribution in [0.1, 0.15) is 130 Å². The molecule has 0 bridgehead atoms. The number of nitrogens with zero attached hydrogens (tertiary/aromatic N) is 6. The number of thiazole rings is 1. The first-order valence-corrected chi connectivity index (χ1v) is 20.6. The molecule has 1 unspecified atom stereocenters. The normalized spacial score (nSPS) is 20.8. The highest BCUT2D eigenvalue weighted by Gasteiger charge is 2.31. The smallest absolute Gasteiger partial charge is 0.116 e. The molecule has 9 nitrogen and oxygen atoms in total. The summed E-state index contributed by atoms with van der Waals surface area (Å²) in [6.45, 7) is 4.33. The van der Waals surface area contributed by atoms with Crippen molar-refractivity contribution in [2.75, 3.05) is 0 Å². The first kappa shape index (κ1) is 35.5. The molecular formula is C45H47N9S. The van der Waals surface area contributed by atoms with Gasteiger partial charge in [-0.05, 0) is 118 Å². The van der Waals surface area contributed by atoms with Gasteiger partial charge >= 0.3 is 0 Å². The van der Waals surface area contributed by atoms with Crippen molar-refractivity contribution in [3.63, 3.8) is 0 Å². The van der Waals surface area contributed by atoms with Gasteiger partial charge in [0.1, 0.15) is 5.82 Å². The molecule has 3 N–H and O–H groups in total. The van der Waals surface area contributed by atoms with E-state index < -0.39 is 0 Å². The molecule has 7 aromatic rings. The third kappa shape index (κ3) is 7.72. The van der Waals surface area contributed by atoms with Gasteiger partial charge in [-0.25, -0.2) is 9.97 Å². The number of para-hydroxylation sites is 2. The van der Waals surface area contributed by atoms with E-state index in [0.29, 0.717) is 0 Å². The Morgan fingerprint density at radius 2 is 1.40 bits per heavy atom. The molecule has 1 aromatic carbocycles. The Hall–Kier alpha value is -5.16. The maximum Gasteiger partial charge on any atom is 0.116 e. The quantitative estimate of drug-likeness (QED) is 0.127. The van der Waals surface area contributed by atoms with Crippen LogP contribution >= 0.6 is 11.3 Å². The number of hydrogen-bond donors (Lipinski definition) is 3. The Kier molecular flexibility index (Phi) is 10.3. The second-order valence-corrected chi connectivity index (χ2v) is 16.1. The molecule has 0 spiro atoms. The number of pyridine rings is 4. The van der Waals surface area contributed by atoms with E-state index in [2.05, 4.69) is 101 Å². The van der Waals surface area contributed by atoms with Crippen LogP contribution in [0.15, 0.2) is 103 Å². The molecule has 2 aliphatic heterocycles. The summed E-state index contributed by atoms with van der Waals surface area (Å²) in [4.78, 5) is 33.8. The van der Waals surface area contributed by atoms with E-state index in [4.69, 9.17) is 24.9 Å². The Morgan fingerprint density at radius 3 is 2.22 bits per heavy atom. The molecular weight excluding hydrogens is 699 g/mol. The summed E-state index contributed by atoms with van der Waals surface area (Å²) >= 11 is 1.68. The first-order chi connectivity index (χ1) is 27.1. The molecule has 2 aliphatic rings. The second kappa shape index (κ2) is 15.9. The van der Waals surface area contributed by atoms with Crippen molar-refractivity contribution in [2.45, 2.75) is 95.3 Å². The molecule has 278 valence electrons. The summed E-state index contributed by atoms with van der Waals surface area (Å²) < 4.78 is 0. The first-order valence-electron chi connectivity index (χ1n) is 19.7. The van der Waals surface area contributed by atoms with Gasteiger partial charge in [-0.1, -0.05) is 36.4 Å². The molecule has 55 heavy (non-hydrogen) atoms. The van der Waals surface area contributed by atoms with Crippen LogP contribution < -0.4 is 10.6 Å². The topological polar surface area (TPSA) is 117 Å². The zero-order valence-electron chi connectivity index (χ0n) is 31.5. The number of aryl methyl sites for hydroxylation is 2. The molecule has 0 aliphatic carbocycles. The van der Waals surface area contributed by atoms with Crippen LogP contribution in [0.5, 0.6) is 0 Å². The van der Waals surface area contributed by atoms with Crippen molar-refractivity contribution >= 4 is 22.4 Å². The van der Waals surface area contributed by atoms with Gasteiger partial charge in [0, 0.05) is 42.1 Å². The average Bonchev–Trinajstić information content (AvgIpc) is 3.91. The predicted molar refractivity (Wildman–Crippen MR) is 218 cm³/mol. The van der Waals surface area contributed by atoms with E-state index in [-0.39, 0.29) is 30.1 Å². The number of imidazole rings is 1. The van der Waals surface area contributed by atoms with Gasteiger partial charge in [0.2, 0.25) is 0 Å². The molecule has 2 fully saturated rings. The fourth-order valence-corrected chi connectivity index (χ4v) is 9.27. The highest BCUT2D eigenvalue weighted by atomic mass is 32.1. The molecule has 10 heteroatoms. The van der Waals surface area contributed by atoms with Crippen molar-refractivity contribution in [3.8, 4) is 0 Å². The molecule has 6 aromatic heterocycles. The third-order valence-electron chi connectivity index (χ3n) is 11.4. The average molecular weight is 746 g/mol. The van der Waals surface area contributed by atoms with Crippen molar-refractivity contribution in [1.82, 2.24) is 45.5 Å². The maximum absolute atomic E-state index is 5.44. The van der Waals surface area contributed by atoms with Gasteiger partial charge in [0.15, 0.2) is 0 Å². The molecule has 5 atom stereocenters. The minimum Gasteiger partial charge on any atom is -0.341 e. The maximum atomic E-state index is 5.44. The summed E-state index contributed by atoms with van der Waals surface area (Å²) in [5.74, 6) is 0.823. The van der Waals surface area contributed by atoms with Crippen LogP contribution in [0.2, 0.25) is 0 Å². The number of aromatic nitrogens is 7. The van der Waals surface area contributed by atoms with Gasteiger partial charge in [-0.15, -0.1) is 11.3 Å². The van der Waals surface area contributed by atoms with Crippen molar-refractivity contribution in [1.29, 1.82) is 0 Å². The van der Waals surface area contributed by atoms with Crippen molar-refractivity contribution in [3.05, 3.63) is 165 Å². The zero-order chi connectivity index (χ0) is 37.1. The highest BCUT2D eigenvalue weighted by molar-refractivity contribution is 7.09. The SMILES string of the molecule is Cc1cccnc1[C@@H]1CCC[C@H](c2cccc(C(Cc3cccnc3[C@@H]3CCC[C@H](c4nc(Cc5nccs5)ccc4C)N3)c3nc4ccccc4[nH]3)n2)N1. The minimum atomic E-state index is -0.0986. The largest absolute Gasteiger partial charge is 0.341 e. The van der Waals surface area contributed by atoms with Crippen molar-refractivity contribution < 1.29 is 0 Å². The van der Waals surface area contributed by atoms with Crippen LogP contribution in [0.4, 0.5) is 0 Å². The molecule has 2 saturated heterocycles. The van der Waals surface area contributed by atoms with E-state index in [1.54, 1.807) is 11.3 Å². The number of aromatic amines is 1. The summed E-state index contributed by atoms with van der Waals surface area (Å²) in [6, 6.07) is 28.2. The van der Waals surface area contributed by atoms with E-state index in [0.717, 1.165) is 107 Å².